The standard InChI is InChI=1S/C16H25BrO3/c1-6-19-14-8-12(16(18)11(5)10(3)4)13(17)9-15(14)20-7-2/h8-11,16,18H,6-7H2,1-5H3. The summed E-state index contributed by atoms with van der Waals surface area (Å²) in [6.45, 7) is 11.3. The van der Waals surface area contributed by atoms with Crippen LogP contribution in [-0.4, -0.2) is 18.3 Å². The summed E-state index contributed by atoms with van der Waals surface area (Å²) in [6.07, 6.45) is -0.528. The number of rotatable bonds is 7. The normalized spacial score (nSPS) is 14.2. The van der Waals surface area contributed by atoms with E-state index in [9.17, 15) is 5.11 Å². The van der Waals surface area contributed by atoms with Gasteiger partial charge < -0.3 is 14.6 Å². The van der Waals surface area contributed by atoms with Gasteiger partial charge in [0, 0.05) is 4.47 Å². The summed E-state index contributed by atoms with van der Waals surface area (Å²) >= 11 is 3.52. The van der Waals surface area contributed by atoms with Gasteiger partial charge in [-0.15, -0.1) is 0 Å². The van der Waals surface area contributed by atoms with Crippen molar-refractivity contribution in [3.05, 3.63) is 22.2 Å². The SMILES string of the molecule is CCOc1cc(Br)c(C(O)C(C)C(C)C)cc1OCC. The monoisotopic (exact) mass is 344 g/mol. The Kier molecular flexibility index (Phi) is 6.83. The molecule has 0 aliphatic heterocycles. The Hall–Kier alpha value is -0.740. The maximum absolute atomic E-state index is 10.5. The highest BCUT2D eigenvalue weighted by Crippen LogP contribution is 2.39. The highest BCUT2D eigenvalue weighted by molar-refractivity contribution is 9.10. The highest BCUT2D eigenvalue weighted by atomic mass is 79.9. The second kappa shape index (κ2) is 7.89. The first-order valence-corrected chi connectivity index (χ1v) is 7.98. The molecule has 0 heterocycles. The summed E-state index contributed by atoms with van der Waals surface area (Å²) in [4.78, 5) is 0. The number of halogens is 1. The van der Waals surface area contributed by atoms with Crippen LogP contribution in [0.5, 0.6) is 11.5 Å². The van der Waals surface area contributed by atoms with Crippen LogP contribution in [0.1, 0.15) is 46.3 Å². The number of hydrogen-bond acceptors (Lipinski definition) is 3. The first kappa shape index (κ1) is 17.3. The molecule has 0 aliphatic carbocycles. The zero-order valence-corrected chi connectivity index (χ0v) is 14.5. The second-order valence-corrected chi connectivity index (χ2v) is 6.09. The lowest BCUT2D eigenvalue weighted by atomic mass is 9.88. The summed E-state index contributed by atoms with van der Waals surface area (Å²) in [5.41, 5.74) is 0.845. The van der Waals surface area contributed by atoms with Gasteiger partial charge in [-0.2, -0.15) is 0 Å². The minimum absolute atomic E-state index is 0.165. The molecule has 0 saturated carbocycles. The molecule has 4 heteroatoms. The predicted molar refractivity (Wildman–Crippen MR) is 85.4 cm³/mol. The molecular formula is C16H25BrO3. The number of benzene rings is 1. The molecule has 1 N–H and O–H groups in total. The smallest absolute Gasteiger partial charge is 0.162 e. The van der Waals surface area contributed by atoms with Crippen molar-refractivity contribution in [1.82, 2.24) is 0 Å². The fraction of sp³-hybridized carbons (Fsp3) is 0.625. The van der Waals surface area contributed by atoms with Crippen LogP contribution in [-0.2, 0) is 0 Å². The molecule has 114 valence electrons. The number of aliphatic hydroxyl groups is 1. The molecular weight excluding hydrogens is 320 g/mol. The van der Waals surface area contributed by atoms with Gasteiger partial charge in [0.15, 0.2) is 11.5 Å². The van der Waals surface area contributed by atoms with Crippen molar-refractivity contribution in [3.8, 4) is 11.5 Å². The van der Waals surface area contributed by atoms with Crippen molar-refractivity contribution in [1.29, 1.82) is 0 Å². The van der Waals surface area contributed by atoms with Crippen molar-refractivity contribution in [3.63, 3.8) is 0 Å². The number of hydrogen-bond donors (Lipinski definition) is 1. The van der Waals surface area contributed by atoms with Gasteiger partial charge in [-0.3, -0.25) is 0 Å². The van der Waals surface area contributed by atoms with Crippen molar-refractivity contribution in [2.45, 2.75) is 40.7 Å². The van der Waals surface area contributed by atoms with Crippen molar-refractivity contribution < 1.29 is 14.6 Å². The molecule has 20 heavy (non-hydrogen) atoms. The Morgan fingerprint density at radius 2 is 1.55 bits per heavy atom. The van der Waals surface area contributed by atoms with Gasteiger partial charge in [-0.25, -0.2) is 0 Å². The molecule has 1 aromatic rings. The van der Waals surface area contributed by atoms with E-state index in [-0.39, 0.29) is 5.92 Å². The molecule has 1 rings (SSSR count). The van der Waals surface area contributed by atoms with E-state index in [2.05, 4.69) is 36.7 Å². The summed E-state index contributed by atoms with van der Waals surface area (Å²) in [7, 11) is 0. The maximum atomic E-state index is 10.5. The lowest BCUT2D eigenvalue weighted by Gasteiger charge is -2.24. The van der Waals surface area contributed by atoms with Crippen LogP contribution in [0, 0.1) is 11.8 Å². The third kappa shape index (κ3) is 4.13. The Balaban J connectivity index is 3.17. The highest BCUT2D eigenvalue weighted by Gasteiger charge is 2.23. The van der Waals surface area contributed by atoms with Crippen molar-refractivity contribution >= 4 is 15.9 Å². The van der Waals surface area contributed by atoms with E-state index in [0.29, 0.717) is 30.6 Å². The molecule has 0 spiro atoms. The molecule has 0 aromatic heterocycles. The summed E-state index contributed by atoms with van der Waals surface area (Å²) in [5.74, 6) is 1.95. The predicted octanol–water partition coefficient (Wildman–Crippen LogP) is 4.57. The molecule has 0 fully saturated rings. The van der Waals surface area contributed by atoms with Crippen LogP contribution in [0.4, 0.5) is 0 Å². The van der Waals surface area contributed by atoms with E-state index in [4.69, 9.17) is 9.47 Å². The van der Waals surface area contributed by atoms with Gasteiger partial charge in [0.05, 0.1) is 19.3 Å². The summed E-state index contributed by atoms with van der Waals surface area (Å²) < 4.78 is 12.0. The van der Waals surface area contributed by atoms with Crippen LogP contribution in [0.25, 0.3) is 0 Å². The first-order chi connectivity index (χ1) is 9.42. The Labute approximate surface area is 130 Å². The summed E-state index contributed by atoms with van der Waals surface area (Å²) in [5, 5.41) is 10.5. The van der Waals surface area contributed by atoms with E-state index in [1.807, 2.05) is 26.0 Å². The molecule has 2 unspecified atom stereocenters. The average Bonchev–Trinajstić information content (AvgIpc) is 2.40. The largest absolute Gasteiger partial charge is 0.490 e. The molecule has 0 aliphatic rings. The number of ether oxygens (including phenoxy) is 2. The van der Waals surface area contributed by atoms with E-state index < -0.39 is 6.10 Å². The first-order valence-electron chi connectivity index (χ1n) is 7.19. The minimum Gasteiger partial charge on any atom is -0.490 e. The van der Waals surface area contributed by atoms with Crippen LogP contribution in [0.15, 0.2) is 16.6 Å². The summed E-state index contributed by atoms with van der Waals surface area (Å²) in [6, 6.07) is 3.75. The van der Waals surface area contributed by atoms with Gasteiger partial charge in [-0.1, -0.05) is 36.7 Å². The molecule has 0 bridgehead atoms. The molecule has 1 aromatic carbocycles. The molecule has 0 saturated heterocycles. The third-order valence-electron chi connectivity index (χ3n) is 3.53. The van der Waals surface area contributed by atoms with E-state index >= 15 is 0 Å². The van der Waals surface area contributed by atoms with Gasteiger partial charge in [-0.05, 0) is 43.4 Å². The van der Waals surface area contributed by atoms with Gasteiger partial charge >= 0.3 is 0 Å². The third-order valence-corrected chi connectivity index (χ3v) is 4.22. The quantitative estimate of drug-likeness (QED) is 0.787. The fourth-order valence-corrected chi connectivity index (χ4v) is 2.52. The Bertz CT molecular complexity index is 432. The maximum Gasteiger partial charge on any atom is 0.162 e. The Morgan fingerprint density at radius 3 is 2.00 bits per heavy atom. The van der Waals surface area contributed by atoms with Gasteiger partial charge in [0.1, 0.15) is 0 Å². The topological polar surface area (TPSA) is 38.7 Å². The van der Waals surface area contributed by atoms with Gasteiger partial charge in [0.25, 0.3) is 0 Å². The van der Waals surface area contributed by atoms with Gasteiger partial charge in [0.2, 0.25) is 0 Å². The zero-order valence-electron chi connectivity index (χ0n) is 12.9. The van der Waals surface area contributed by atoms with Crippen LogP contribution < -0.4 is 9.47 Å². The second-order valence-electron chi connectivity index (χ2n) is 5.23. The lowest BCUT2D eigenvalue weighted by molar-refractivity contribution is 0.0911. The van der Waals surface area contributed by atoms with Crippen LogP contribution >= 0.6 is 15.9 Å². The van der Waals surface area contributed by atoms with Crippen LogP contribution in [0.2, 0.25) is 0 Å². The van der Waals surface area contributed by atoms with Crippen molar-refractivity contribution in [2.75, 3.05) is 13.2 Å². The van der Waals surface area contributed by atoms with E-state index in [1.54, 1.807) is 0 Å². The zero-order chi connectivity index (χ0) is 15.3. The molecule has 3 nitrogen and oxygen atoms in total. The minimum atomic E-state index is -0.528. The number of aliphatic hydroxyl groups excluding tert-OH is 1. The lowest BCUT2D eigenvalue weighted by Crippen LogP contribution is -2.15. The Morgan fingerprint density at radius 1 is 1.05 bits per heavy atom. The van der Waals surface area contributed by atoms with E-state index in [0.717, 1.165) is 10.0 Å². The molecule has 2 atom stereocenters. The molecule has 0 amide bonds. The molecule has 0 radical (unpaired) electrons. The van der Waals surface area contributed by atoms with E-state index in [1.165, 1.54) is 0 Å². The van der Waals surface area contributed by atoms with Crippen molar-refractivity contribution in [2.24, 2.45) is 11.8 Å². The average molecular weight is 345 g/mol. The fourth-order valence-electron chi connectivity index (χ4n) is 1.96. The van der Waals surface area contributed by atoms with Crippen LogP contribution in [0.3, 0.4) is 0 Å².